The number of hydrogen-bond acceptors (Lipinski definition) is 3. The Morgan fingerprint density at radius 1 is 1.28 bits per heavy atom. The summed E-state index contributed by atoms with van der Waals surface area (Å²) in [4.78, 5) is 5.63. The van der Waals surface area contributed by atoms with Crippen molar-refractivity contribution in [2.75, 3.05) is 6.54 Å². The van der Waals surface area contributed by atoms with Crippen LogP contribution in [0.5, 0.6) is 0 Å². The number of pyridine rings is 1. The number of aryl methyl sites for hydroxylation is 1. The third kappa shape index (κ3) is 3.48. The molecule has 0 aliphatic rings. The Hall–Kier alpha value is -1.03. The van der Waals surface area contributed by atoms with Crippen LogP contribution < -0.4 is 5.73 Å². The molecule has 94 valence electrons. The van der Waals surface area contributed by atoms with Crippen LogP contribution in [0.25, 0.3) is 0 Å². The highest BCUT2D eigenvalue weighted by atomic mass is 35.5. The monoisotopic (exact) mass is 278 g/mol. The first-order valence-corrected chi connectivity index (χ1v) is 6.97. The van der Waals surface area contributed by atoms with E-state index in [0.717, 1.165) is 21.4 Å². The van der Waals surface area contributed by atoms with Gasteiger partial charge in [-0.25, -0.2) is 4.98 Å². The lowest BCUT2D eigenvalue weighted by atomic mass is 10.2. The van der Waals surface area contributed by atoms with Crippen molar-refractivity contribution < 1.29 is 0 Å². The summed E-state index contributed by atoms with van der Waals surface area (Å²) in [6.45, 7) is 2.73. The van der Waals surface area contributed by atoms with Crippen LogP contribution >= 0.6 is 23.4 Å². The van der Waals surface area contributed by atoms with Gasteiger partial charge >= 0.3 is 0 Å². The number of halogens is 1. The van der Waals surface area contributed by atoms with E-state index in [0.29, 0.717) is 6.54 Å². The molecule has 0 aliphatic heterocycles. The Kier molecular flexibility index (Phi) is 4.64. The van der Waals surface area contributed by atoms with Gasteiger partial charge in [-0.15, -0.1) is 0 Å². The first kappa shape index (κ1) is 13.4. The molecule has 0 aliphatic carbocycles. The fraction of sp³-hybridized carbons (Fsp3) is 0.214. The van der Waals surface area contributed by atoms with Crippen LogP contribution in [-0.2, 0) is 6.42 Å². The second-order valence-corrected chi connectivity index (χ2v) is 5.56. The number of nitrogens with zero attached hydrogens (tertiary/aromatic N) is 1. The van der Waals surface area contributed by atoms with Gasteiger partial charge in [0.15, 0.2) is 0 Å². The third-order valence-electron chi connectivity index (χ3n) is 2.55. The molecule has 0 saturated carbocycles. The summed E-state index contributed by atoms with van der Waals surface area (Å²) >= 11 is 7.51. The van der Waals surface area contributed by atoms with Gasteiger partial charge in [-0.3, -0.25) is 0 Å². The lowest BCUT2D eigenvalue weighted by Crippen LogP contribution is -2.03. The number of aromatic nitrogens is 1. The SMILES string of the molecule is Cc1cc(CCN)cnc1Sc1ccc(Cl)cc1. The first-order chi connectivity index (χ1) is 8.69. The quantitative estimate of drug-likeness (QED) is 0.927. The van der Waals surface area contributed by atoms with E-state index >= 15 is 0 Å². The fourth-order valence-corrected chi connectivity index (χ4v) is 2.59. The van der Waals surface area contributed by atoms with E-state index in [1.54, 1.807) is 11.8 Å². The second-order valence-electron chi connectivity index (χ2n) is 4.06. The molecular weight excluding hydrogens is 264 g/mol. The molecule has 0 spiro atoms. The van der Waals surface area contributed by atoms with E-state index in [1.807, 2.05) is 30.5 Å². The molecule has 4 heteroatoms. The fourth-order valence-electron chi connectivity index (χ4n) is 1.64. The minimum Gasteiger partial charge on any atom is -0.330 e. The molecule has 0 radical (unpaired) electrons. The van der Waals surface area contributed by atoms with Crippen LogP contribution in [0.1, 0.15) is 11.1 Å². The smallest absolute Gasteiger partial charge is 0.104 e. The van der Waals surface area contributed by atoms with Gasteiger partial charge in [-0.2, -0.15) is 0 Å². The van der Waals surface area contributed by atoms with Gasteiger partial charge in [0, 0.05) is 16.1 Å². The minimum atomic E-state index is 0.658. The van der Waals surface area contributed by atoms with Crippen LogP contribution in [0.15, 0.2) is 46.5 Å². The lowest BCUT2D eigenvalue weighted by Gasteiger charge is -2.07. The standard InChI is InChI=1S/C14H15ClN2S/c1-10-8-11(6-7-16)9-17-14(10)18-13-4-2-12(15)3-5-13/h2-5,8-9H,6-7,16H2,1H3. The maximum Gasteiger partial charge on any atom is 0.104 e. The van der Waals surface area contributed by atoms with Crippen molar-refractivity contribution in [3.63, 3.8) is 0 Å². The molecule has 0 saturated heterocycles. The zero-order valence-electron chi connectivity index (χ0n) is 10.2. The van der Waals surface area contributed by atoms with Gasteiger partial charge in [-0.05, 0) is 55.3 Å². The summed E-state index contributed by atoms with van der Waals surface area (Å²) in [7, 11) is 0. The number of hydrogen-bond donors (Lipinski definition) is 1. The molecule has 0 unspecified atom stereocenters. The summed E-state index contributed by atoms with van der Waals surface area (Å²) < 4.78 is 0. The van der Waals surface area contributed by atoms with Crippen LogP contribution in [0, 0.1) is 6.92 Å². The molecule has 18 heavy (non-hydrogen) atoms. The molecule has 1 heterocycles. The van der Waals surface area contributed by atoms with Crippen molar-refractivity contribution in [1.29, 1.82) is 0 Å². The summed E-state index contributed by atoms with van der Waals surface area (Å²) in [6, 6.07) is 9.94. The minimum absolute atomic E-state index is 0.658. The Morgan fingerprint density at radius 2 is 2.00 bits per heavy atom. The summed E-state index contributed by atoms with van der Waals surface area (Å²) in [6.07, 6.45) is 2.78. The van der Waals surface area contributed by atoms with Crippen LogP contribution in [0.2, 0.25) is 5.02 Å². The van der Waals surface area contributed by atoms with Gasteiger partial charge in [0.1, 0.15) is 5.03 Å². The number of benzene rings is 1. The van der Waals surface area contributed by atoms with Gasteiger partial charge in [0.2, 0.25) is 0 Å². The molecule has 0 fully saturated rings. The van der Waals surface area contributed by atoms with Crippen molar-refractivity contribution in [2.45, 2.75) is 23.3 Å². The number of rotatable bonds is 4. The Bertz CT molecular complexity index is 526. The Labute approximate surface area is 117 Å². The molecule has 2 rings (SSSR count). The maximum atomic E-state index is 5.86. The van der Waals surface area contributed by atoms with Gasteiger partial charge in [0.05, 0.1) is 0 Å². The predicted molar refractivity (Wildman–Crippen MR) is 77.3 cm³/mol. The van der Waals surface area contributed by atoms with E-state index in [4.69, 9.17) is 17.3 Å². The molecule has 1 aromatic carbocycles. The highest BCUT2D eigenvalue weighted by molar-refractivity contribution is 7.99. The lowest BCUT2D eigenvalue weighted by molar-refractivity contribution is 0.935. The zero-order chi connectivity index (χ0) is 13.0. The van der Waals surface area contributed by atoms with Crippen molar-refractivity contribution >= 4 is 23.4 Å². The van der Waals surface area contributed by atoms with E-state index in [2.05, 4.69) is 18.0 Å². The molecule has 2 N–H and O–H groups in total. The van der Waals surface area contributed by atoms with E-state index in [9.17, 15) is 0 Å². The summed E-state index contributed by atoms with van der Waals surface area (Å²) in [5.74, 6) is 0. The Balaban J connectivity index is 2.16. The Morgan fingerprint density at radius 3 is 2.61 bits per heavy atom. The van der Waals surface area contributed by atoms with E-state index in [-0.39, 0.29) is 0 Å². The van der Waals surface area contributed by atoms with Gasteiger partial charge in [-0.1, -0.05) is 29.4 Å². The molecule has 2 nitrogen and oxygen atoms in total. The topological polar surface area (TPSA) is 38.9 Å². The van der Waals surface area contributed by atoms with Crippen LogP contribution in [-0.4, -0.2) is 11.5 Å². The predicted octanol–water partition coefficient (Wildman–Crippen LogP) is 3.70. The first-order valence-electron chi connectivity index (χ1n) is 5.78. The normalized spacial score (nSPS) is 10.6. The molecule has 0 bridgehead atoms. The molecule has 1 aromatic heterocycles. The van der Waals surface area contributed by atoms with E-state index in [1.165, 1.54) is 11.1 Å². The highest BCUT2D eigenvalue weighted by Gasteiger charge is 2.04. The number of nitrogens with two attached hydrogens (primary N) is 1. The second kappa shape index (κ2) is 6.23. The average Bonchev–Trinajstić information content (AvgIpc) is 2.36. The van der Waals surface area contributed by atoms with E-state index < -0.39 is 0 Å². The summed E-state index contributed by atoms with van der Waals surface area (Å²) in [5, 5.41) is 1.78. The van der Waals surface area contributed by atoms with Gasteiger partial charge in [0.25, 0.3) is 0 Å². The average molecular weight is 279 g/mol. The van der Waals surface area contributed by atoms with Gasteiger partial charge < -0.3 is 5.73 Å². The molecule has 0 atom stereocenters. The van der Waals surface area contributed by atoms with Crippen LogP contribution in [0.3, 0.4) is 0 Å². The molecular formula is C14H15ClN2S. The summed E-state index contributed by atoms with van der Waals surface area (Å²) in [5.41, 5.74) is 7.91. The maximum absolute atomic E-state index is 5.86. The zero-order valence-corrected chi connectivity index (χ0v) is 11.8. The van der Waals surface area contributed by atoms with Crippen molar-refractivity contribution in [3.8, 4) is 0 Å². The van der Waals surface area contributed by atoms with Crippen molar-refractivity contribution in [3.05, 3.63) is 52.7 Å². The third-order valence-corrected chi connectivity index (χ3v) is 3.93. The van der Waals surface area contributed by atoms with Crippen LogP contribution in [0.4, 0.5) is 0 Å². The molecule has 2 aromatic rings. The highest BCUT2D eigenvalue weighted by Crippen LogP contribution is 2.29. The van der Waals surface area contributed by atoms with Crippen molar-refractivity contribution in [1.82, 2.24) is 4.98 Å². The van der Waals surface area contributed by atoms with Crippen molar-refractivity contribution in [2.24, 2.45) is 5.73 Å². The largest absolute Gasteiger partial charge is 0.330 e. The molecule has 0 amide bonds.